The maximum atomic E-state index is 13.9. The number of nitrogens with zero attached hydrogens (tertiary/aromatic N) is 3. The quantitative estimate of drug-likeness (QED) is 0.314. The van der Waals surface area contributed by atoms with Gasteiger partial charge < -0.3 is 5.32 Å². The summed E-state index contributed by atoms with van der Waals surface area (Å²) in [7, 11) is 0. The normalized spacial score (nSPS) is 11.1. The first-order valence-electron chi connectivity index (χ1n) is 7.50. The van der Waals surface area contributed by atoms with Crippen molar-refractivity contribution < 1.29 is 9.31 Å². The van der Waals surface area contributed by atoms with Crippen LogP contribution in [-0.4, -0.2) is 9.91 Å². The molecule has 0 bridgehead atoms. The minimum atomic E-state index is -0.473. The van der Waals surface area contributed by atoms with Crippen molar-refractivity contribution in [3.8, 4) is 17.3 Å². The van der Waals surface area contributed by atoms with Gasteiger partial charge in [0.05, 0.1) is 16.3 Å². The Labute approximate surface area is 165 Å². The van der Waals surface area contributed by atoms with Gasteiger partial charge in [0.15, 0.2) is 0 Å². The predicted octanol–water partition coefficient (Wildman–Crippen LogP) is 5.60. The number of halogens is 2. The highest BCUT2D eigenvalue weighted by Crippen LogP contribution is 2.28. The van der Waals surface area contributed by atoms with E-state index in [1.165, 1.54) is 35.7 Å². The molecule has 0 radical (unpaired) electrons. The Morgan fingerprint density at radius 2 is 2.07 bits per heavy atom. The Hall–Kier alpha value is -3.09. The fourth-order valence-electron chi connectivity index (χ4n) is 2.18. The number of anilines is 1. The summed E-state index contributed by atoms with van der Waals surface area (Å²) >= 11 is 4.44. The molecule has 0 saturated carbocycles. The van der Waals surface area contributed by atoms with Crippen molar-refractivity contribution in [3.05, 3.63) is 79.5 Å². The third kappa shape index (κ3) is 4.36. The van der Waals surface area contributed by atoms with E-state index in [1.807, 2.05) is 6.07 Å². The van der Waals surface area contributed by atoms with E-state index in [9.17, 15) is 19.8 Å². The lowest BCUT2D eigenvalue weighted by atomic mass is 10.1. The van der Waals surface area contributed by atoms with Gasteiger partial charge in [-0.1, -0.05) is 15.9 Å². The van der Waals surface area contributed by atoms with E-state index in [0.29, 0.717) is 20.7 Å². The number of hydrogen-bond donors (Lipinski definition) is 1. The van der Waals surface area contributed by atoms with Crippen LogP contribution in [0.25, 0.3) is 16.8 Å². The molecule has 0 amide bonds. The molecule has 0 aliphatic heterocycles. The van der Waals surface area contributed by atoms with E-state index in [1.54, 1.807) is 29.6 Å². The number of nitrogens with one attached hydrogen (secondary N) is 1. The summed E-state index contributed by atoms with van der Waals surface area (Å²) in [6.45, 7) is 0. The lowest BCUT2D eigenvalue weighted by Crippen LogP contribution is -1.94. The Balaban J connectivity index is 1.82. The second kappa shape index (κ2) is 8.07. The number of nitriles is 1. The molecule has 134 valence electrons. The van der Waals surface area contributed by atoms with Crippen LogP contribution in [0.2, 0.25) is 0 Å². The first-order valence-corrected chi connectivity index (χ1v) is 9.18. The van der Waals surface area contributed by atoms with Gasteiger partial charge in [0.2, 0.25) is 0 Å². The second-order valence-corrected chi connectivity index (χ2v) is 7.05. The standard InChI is InChI=1S/C18H10BrFN4O2S/c19-13-3-6-16(15(20)7-13)22-9-12(8-21)18-23-17(10-27-18)11-1-4-14(5-2-11)24(25)26/h1-7,9-10,22H. The number of hydrogen-bond acceptors (Lipinski definition) is 6. The summed E-state index contributed by atoms with van der Waals surface area (Å²) in [5.41, 5.74) is 1.77. The summed E-state index contributed by atoms with van der Waals surface area (Å²) in [6, 6.07) is 12.6. The first-order chi connectivity index (χ1) is 13.0. The van der Waals surface area contributed by atoms with Crippen molar-refractivity contribution in [2.45, 2.75) is 0 Å². The Morgan fingerprint density at radius 3 is 2.70 bits per heavy atom. The van der Waals surface area contributed by atoms with Gasteiger partial charge in [-0.05, 0) is 30.3 Å². The van der Waals surface area contributed by atoms with Crippen LogP contribution in [0.3, 0.4) is 0 Å². The number of thiazole rings is 1. The van der Waals surface area contributed by atoms with Crippen LogP contribution in [-0.2, 0) is 0 Å². The highest BCUT2D eigenvalue weighted by atomic mass is 79.9. The number of aromatic nitrogens is 1. The average molecular weight is 445 g/mol. The van der Waals surface area contributed by atoms with Gasteiger partial charge in [0.25, 0.3) is 5.69 Å². The van der Waals surface area contributed by atoms with Gasteiger partial charge in [-0.15, -0.1) is 11.3 Å². The lowest BCUT2D eigenvalue weighted by Gasteiger charge is -2.03. The maximum absolute atomic E-state index is 13.9. The van der Waals surface area contributed by atoms with E-state index in [0.717, 1.165) is 0 Å². The minimum absolute atomic E-state index is 0.00691. The Morgan fingerprint density at radius 1 is 1.33 bits per heavy atom. The number of rotatable bonds is 5. The zero-order chi connectivity index (χ0) is 19.4. The van der Waals surface area contributed by atoms with E-state index in [2.05, 4.69) is 26.2 Å². The van der Waals surface area contributed by atoms with Crippen LogP contribution < -0.4 is 5.32 Å². The van der Waals surface area contributed by atoms with Gasteiger partial charge in [0.1, 0.15) is 22.5 Å². The van der Waals surface area contributed by atoms with Crippen LogP contribution >= 0.6 is 27.3 Å². The molecular formula is C18H10BrFN4O2S. The van der Waals surface area contributed by atoms with Gasteiger partial charge in [-0.3, -0.25) is 10.1 Å². The largest absolute Gasteiger partial charge is 0.358 e. The number of nitro groups is 1. The number of nitro benzene ring substituents is 1. The molecule has 1 aromatic heterocycles. The molecule has 0 aliphatic rings. The van der Waals surface area contributed by atoms with E-state index in [4.69, 9.17) is 0 Å². The van der Waals surface area contributed by atoms with Crippen molar-refractivity contribution in [1.82, 2.24) is 4.98 Å². The van der Waals surface area contributed by atoms with Crippen molar-refractivity contribution in [1.29, 1.82) is 5.26 Å². The van der Waals surface area contributed by atoms with Crippen molar-refractivity contribution >= 4 is 44.2 Å². The molecular weight excluding hydrogens is 435 g/mol. The predicted molar refractivity (Wildman–Crippen MR) is 106 cm³/mol. The van der Waals surface area contributed by atoms with E-state index in [-0.39, 0.29) is 16.9 Å². The summed E-state index contributed by atoms with van der Waals surface area (Å²) in [5, 5.41) is 25.1. The van der Waals surface area contributed by atoms with Crippen LogP contribution in [0, 0.1) is 27.3 Å². The van der Waals surface area contributed by atoms with Crippen molar-refractivity contribution in [2.24, 2.45) is 0 Å². The third-order valence-electron chi connectivity index (χ3n) is 3.53. The molecule has 6 nitrogen and oxygen atoms in total. The molecule has 9 heteroatoms. The van der Waals surface area contributed by atoms with Gasteiger partial charge >= 0.3 is 0 Å². The molecule has 1 heterocycles. The lowest BCUT2D eigenvalue weighted by molar-refractivity contribution is -0.384. The monoisotopic (exact) mass is 444 g/mol. The van der Waals surface area contributed by atoms with Crippen molar-refractivity contribution in [2.75, 3.05) is 5.32 Å². The smallest absolute Gasteiger partial charge is 0.269 e. The van der Waals surface area contributed by atoms with Crippen molar-refractivity contribution in [3.63, 3.8) is 0 Å². The molecule has 0 spiro atoms. The maximum Gasteiger partial charge on any atom is 0.269 e. The molecule has 3 rings (SSSR count). The Kier molecular flexibility index (Phi) is 5.59. The van der Waals surface area contributed by atoms with Crippen LogP contribution in [0.4, 0.5) is 15.8 Å². The topological polar surface area (TPSA) is 91.8 Å². The molecule has 0 saturated heterocycles. The highest BCUT2D eigenvalue weighted by molar-refractivity contribution is 9.10. The zero-order valence-electron chi connectivity index (χ0n) is 13.5. The minimum Gasteiger partial charge on any atom is -0.358 e. The van der Waals surface area contributed by atoms with Gasteiger partial charge in [-0.2, -0.15) is 5.26 Å². The number of non-ortho nitro benzene ring substituents is 1. The summed E-state index contributed by atoms with van der Waals surface area (Å²) in [5.74, 6) is -0.455. The Bertz CT molecular complexity index is 1070. The van der Waals surface area contributed by atoms with E-state index < -0.39 is 10.7 Å². The summed E-state index contributed by atoms with van der Waals surface area (Å²) < 4.78 is 14.5. The first kappa shape index (κ1) is 18.7. The zero-order valence-corrected chi connectivity index (χ0v) is 15.9. The van der Waals surface area contributed by atoms with Crippen LogP contribution in [0.15, 0.2) is 58.5 Å². The fourth-order valence-corrected chi connectivity index (χ4v) is 3.31. The van der Waals surface area contributed by atoms with E-state index >= 15 is 0 Å². The van der Waals surface area contributed by atoms with Crippen LogP contribution in [0.1, 0.15) is 5.01 Å². The average Bonchev–Trinajstić information content (AvgIpc) is 3.14. The molecule has 0 unspecified atom stereocenters. The molecule has 0 aliphatic carbocycles. The molecule has 27 heavy (non-hydrogen) atoms. The fraction of sp³-hybridized carbons (Fsp3) is 0. The van der Waals surface area contributed by atoms with Crippen LogP contribution in [0.5, 0.6) is 0 Å². The number of benzene rings is 2. The van der Waals surface area contributed by atoms with Gasteiger partial charge in [-0.25, -0.2) is 9.37 Å². The number of allylic oxidation sites excluding steroid dienone is 1. The molecule has 2 aromatic carbocycles. The summed E-state index contributed by atoms with van der Waals surface area (Å²) in [6.07, 6.45) is 1.39. The highest BCUT2D eigenvalue weighted by Gasteiger charge is 2.11. The SMILES string of the molecule is N#CC(=CNc1ccc(Br)cc1F)c1nc(-c2ccc([N+](=O)[O-])cc2)cs1. The second-order valence-electron chi connectivity index (χ2n) is 5.28. The third-order valence-corrected chi connectivity index (χ3v) is 4.90. The molecule has 1 N–H and O–H groups in total. The molecule has 0 fully saturated rings. The molecule has 3 aromatic rings. The summed E-state index contributed by atoms with van der Waals surface area (Å²) in [4.78, 5) is 14.6. The van der Waals surface area contributed by atoms with Gasteiger partial charge in [0, 0.05) is 33.7 Å². The molecule has 0 atom stereocenters.